The fraction of sp³-hybridized carbons (Fsp3) is 0.348. The Morgan fingerprint density at radius 3 is 2.54 bits per heavy atom. The molecule has 2 N–H and O–H groups in total. The monoisotopic (exact) mass is 377 g/mol. The Hall–Kier alpha value is -2.97. The van der Waals surface area contributed by atoms with E-state index in [4.69, 9.17) is 15.2 Å². The summed E-state index contributed by atoms with van der Waals surface area (Å²) >= 11 is 0. The molecule has 1 unspecified atom stereocenters. The number of benzene rings is 2. The third kappa shape index (κ3) is 3.83. The molecule has 1 atom stereocenters. The zero-order valence-corrected chi connectivity index (χ0v) is 16.7. The van der Waals surface area contributed by atoms with Gasteiger partial charge in [0, 0.05) is 30.3 Å². The summed E-state index contributed by atoms with van der Waals surface area (Å²) in [5, 5.41) is 10.9. The van der Waals surface area contributed by atoms with Gasteiger partial charge in [0.15, 0.2) is 0 Å². The van der Waals surface area contributed by atoms with Crippen LogP contribution in [0.1, 0.15) is 38.3 Å². The van der Waals surface area contributed by atoms with Gasteiger partial charge in [-0.2, -0.15) is 5.26 Å². The van der Waals surface area contributed by atoms with Gasteiger partial charge in [-0.25, -0.2) is 0 Å². The lowest BCUT2D eigenvalue weighted by Crippen LogP contribution is -2.07. The highest BCUT2D eigenvalue weighted by Crippen LogP contribution is 2.38. The van der Waals surface area contributed by atoms with Crippen LogP contribution in [-0.2, 0) is 4.74 Å². The van der Waals surface area contributed by atoms with E-state index in [0.717, 1.165) is 40.8 Å². The minimum atomic E-state index is 0.247. The fourth-order valence-electron chi connectivity index (χ4n) is 3.67. The van der Waals surface area contributed by atoms with Crippen LogP contribution in [0.3, 0.4) is 0 Å². The molecule has 0 saturated heterocycles. The summed E-state index contributed by atoms with van der Waals surface area (Å²) in [4.78, 5) is 0. The molecule has 3 rings (SSSR count). The Bertz CT molecular complexity index is 984. The molecule has 0 aliphatic carbocycles. The summed E-state index contributed by atoms with van der Waals surface area (Å²) < 4.78 is 13.2. The zero-order valence-electron chi connectivity index (χ0n) is 16.7. The van der Waals surface area contributed by atoms with Crippen LogP contribution in [0.5, 0.6) is 5.75 Å². The lowest BCUT2D eigenvalue weighted by atomic mass is 10.1. The van der Waals surface area contributed by atoms with E-state index >= 15 is 0 Å². The molecule has 0 radical (unpaired) electrons. The van der Waals surface area contributed by atoms with E-state index in [0.29, 0.717) is 24.5 Å². The summed E-state index contributed by atoms with van der Waals surface area (Å²) in [5.74, 6) is 0.778. The number of aromatic nitrogens is 1. The van der Waals surface area contributed by atoms with Crippen LogP contribution in [0.4, 0.5) is 5.69 Å². The van der Waals surface area contributed by atoms with Crippen LogP contribution >= 0.6 is 0 Å². The quantitative estimate of drug-likeness (QED) is 0.435. The zero-order chi connectivity index (χ0) is 20.1. The predicted molar refractivity (Wildman–Crippen MR) is 113 cm³/mol. The molecule has 2 aromatic carbocycles. The first-order valence-electron chi connectivity index (χ1n) is 9.66. The Morgan fingerprint density at radius 1 is 1.14 bits per heavy atom. The second-order valence-electron chi connectivity index (χ2n) is 6.99. The van der Waals surface area contributed by atoms with Crippen molar-refractivity contribution in [3.05, 3.63) is 48.0 Å². The van der Waals surface area contributed by atoms with Gasteiger partial charge >= 0.3 is 0 Å². The molecule has 0 aliphatic heterocycles. The number of rotatable bonds is 8. The molecule has 1 heterocycles. The van der Waals surface area contributed by atoms with Crippen molar-refractivity contribution in [1.82, 2.24) is 4.57 Å². The normalized spacial score (nSPS) is 12.1. The van der Waals surface area contributed by atoms with Crippen molar-refractivity contribution >= 4 is 16.6 Å². The summed E-state index contributed by atoms with van der Waals surface area (Å²) in [6.45, 7) is 5.40. The van der Waals surface area contributed by atoms with Crippen molar-refractivity contribution in [1.29, 1.82) is 5.26 Å². The van der Waals surface area contributed by atoms with Gasteiger partial charge in [-0.1, -0.05) is 25.5 Å². The molecule has 0 bridgehead atoms. The van der Waals surface area contributed by atoms with Crippen molar-refractivity contribution in [2.75, 3.05) is 26.1 Å². The maximum absolute atomic E-state index is 9.96. The largest absolute Gasteiger partial charge is 0.491 e. The van der Waals surface area contributed by atoms with Crippen molar-refractivity contribution in [3.8, 4) is 23.1 Å². The van der Waals surface area contributed by atoms with Crippen molar-refractivity contribution < 1.29 is 9.47 Å². The molecule has 0 amide bonds. The second kappa shape index (κ2) is 8.81. The lowest BCUT2D eigenvalue weighted by molar-refractivity contribution is 0.146. The van der Waals surface area contributed by atoms with Crippen LogP contribution in [0, 0.1) is 11.3 Å². The van der Waals surface area contributed by atoms with Crippen LogP contribution < -0.4 is 10.5 Å². The highest BCUT2D eigenvalue weighted by molar-refractivity contribution is 5.95. The van der Waals surface area contributed by atoms with Gasteiger partial charge in [-0.15, -0.1) is 0 Å². The molecule has 28 heavy (non-hydrogen) atoms. The van der Waals surface area contributed by atoms with Gasteiger partial charge in [0.25, 0.3) is 0 Å². The van der Waals surface area contributed by atoms with Crippen LogP contribution in [0.25, 0.3) is 22.2 Å². The number of methoxy groups -OCH3 is 1. The molecule has 5 heteroatoms. The summed E-state index contributed by atoms with van der Waals surface area (Å²) in [6, 6.07) is 16.3. The third-order valence-corrected chi connectivity index (χ3v) is 4.98. The Labute approximate surface area is 166 Å². The highest BCUT2D eigenvalue weighted by Gasteiger charge is 2.22. The van der Waals surface area contributed by atoms with Gasteiger partial charge in [0.05, 0.1) is 23.4 Å². The molecular formula is C23H27N3O2. The Morgan fingerprint density at radius 2 is 1.89 bits per heavy atom. The molecule has 0 saturated carbocycles. The van der Waals surface area contributed by atoms with Gasteiger partial charge in [-0.05, 0) is 43.2 Å². The number of hydrogen-bond donors (Lipinski definition) is 1. The first-order chi connectivity index (χ1) is 13.6. The number of nitrogens with zero attached hydrogens (tertiary/aromatic N) is 2. The number of fused-ring (bicyclic) bond motifs is 1. The van der Waals surface area contributed by atoms with Gasteiger partial charge < -0.3 is 19.8 Å². The average molecular weight is 377 g/mol. The molecule has 5 nitrogen and oxygen atoms in total. The number of anilines is 1. The summed E-state index contributed by atoms with van der Waals surface area (Å²) in [7, 11) is 1.65. The Balaban J connectivity index is 2.22. The molecule has 1 aromatic heterocycles. The van der Waals surface area contributed by atoms with Crippen molar-refractivity contribution in [2.24, 2.45) is 0 Å². The summed E-state index contributed by atoms with van der Waals surface area (Å²) in [6.07, 6.45) is 2.08. The molecule has 0 spiro atoms. The summed E-state index contributed by atoms with van der Waals surface area (Å²) in [5.41, 5.74) is 10.2. The van der Waals surface area contributed by atoms with Crippen molar-refractivity contribution in [3.63, 3.8) is 0 Å². The van der Waals surface area contributed by atoms with Crippen molar-refractivity contribution in [2.45, 2.75) is 32.7 Å². The molecule has 0 aliphatic rings. The number of ether oxygens (including phenoxy) is 2. The van der Waals surface area contributed by atoms with Crippen LogP contribution in [-0.4, -0.2) is 24.9 Å². The van der Waals surface area contributed by atoms with E-state index in [1.165, 1.54) is 0 Å². The van der Waals surface area contributed by atoms with Gasteiger partial charge in [-0.3, -0.25) is 0 Å². The SMILES string of the molecule is CCCC(C)n1c(-c2ccc(N)cc2)c(C#N)c2ccc(OCCOC)cc21. The smallest absolute Gasteiger partial charge is 0.121 e. The average Bonchev–Trinajstić information content (AvgIpc) is 3.02. The minimum Gasteiger partial charge on any atom is -0.491 e. The Kier molecular flexibility index (Phi) is 6.23. The molecular weight excluding hydrogens is 350 g/mol. The van der Waals surface area contributed by atoms with E-state index < -0.39 is 0 Å². The maximum Gasteiger partial charge on any atom is 0.121 e. The van der Waals surface area contributed by atoms with E-state index in [1.807, 2.05) is 42.5 Å². The predicted octanol–water partition coefficient (Wildman–Crippen LogP) is 5.15. The topological polar surface area (TPSA) is 73.2 Å². The van der Waals surface area contributed by atoms with Crippen LogP contribution in [0.15, 0.2) is 42.5 Å². The second-order valence-corrected chi connectivity index (χ2v) is 6.99. The minimum absolute atomic E-state index is 0.247. The number of nitrogens with two attached hydrogens (primary N) is 1. The lowest BCUT2D eigenvalue weighted by Gasteiger charge is -2.19. The molecule has 146 valence electrons. The number of nitriles is 1. The first kappa shape index (κ1) is 19.8. The standard InChI is InChI=1S/C23H27N3O2/c1-4-5-16(2)26-22-14-19(28-13-12-27-3)10-11-20(22)21(15-24)23(26)17-6-8-18(25)9-7-17/h6-11,14,16H,4-5,12-13,25H2,1-3H3. The van der Waals surface area contributed by atoms with Gasteiger partial charge in [0.1, 0.15) is 18.4 Å². The van der Waals surface area contributed by atoms with E-state index in [9.17, 15) is 5.26 Å². The van der Waals surface area contributed by atoms with E-state index in [-0.39, 0.29) is 6.04 Å². The first-order valence-corrected chi connectivity index (χ1v) is 9.66. The highest BCUT2D eigenvalue weighted by atomic mass is 16.5. The molecule has 0 fully saturated rings. The van der Waals surface area contributed by atoms with E-state index in [1.54, 1.807) is 7.11 Å². The molecule has 3 aromatic rings. The number of nitrogen functional groups attached to an aromatic ring is 1. The van der Waals surface area contributed by atoms with Gasteiger partial charge in [0.2, 0.25) is 0 Å². The fourth-order valence-corrected chi connectivity index (χ4v) is 3.67. The third-order valence-electron chi connectivity index (χ3n) is 4.98. The van der Waals surface area contributed by atoms with E-state index in [2.05, 4.69) is 24.5 Å². The maximum atomic E-state index is 9.96. The number of hydrogen-bond acceptors (Lipinski definition) is 4. The van der Waals surface area contributed by atoms with Crippen LogP contribution in [0.2, 0.25) is 0 Å².